The number of hydrogen-bond donors (Lipinski definition) is 4. The zero-order chi connectivity index (χ0) is 10.0. The molecule has 0 radical (unpaired) electrons. The lowest BCUT2D eigenvalue weighted by molar-refractivity contribution is -0.229. The maximum atomic E-state index is 9.39. The number of ether oxygens (including phenoxy) is 2. The number of methoxy groups -OCH3 is 1. The fourth-order valence-electron chi connectivity index (χ4n) is 1.28. The molecule has 4 unspecified atom stereocenters. The van der Waals surface area contributed by atoms with Crippen LogP contribution in [0, 0.1) is 0 Å². The number of aliphatic hydroxyl groups is 3. The molecule has 1 fully saturated rings. The molecule has 0 aromatic rings. The van der Waals surface area contributed by atoms with Gasteiger partial charge in [0.15, 0.2) is 0 Å². The minimum absolute atomic E-state index is 0.124. The van der Waals surface area contributed by atoms with E-state index in [1.54, 1.807) is 0 Å². The Hall–Kier alpha value is -0.240. The van der Waals surface area contributed by atoms with Crippen LogP contribution in [0.5, 0.6) is 0 Å². The average Bonchev–Trinajstić information content (AvgIpc) is 2.11. The molecule has 6 nitrogen and oxygen atoms in total. The van der Waals surface area contributed by atoms with Crippen LogP contribution in [0.3, 0.4) is 0 Å². The summed E-state index contributed by atoms with van der Waals surface area (Å²) in [4.78, 5) is 0. The van der Waals surface area contributed by atoms with Crippen LogP contribution in [0.1, 0.15) is 0 Å². The van der Waals surface area contributed by atoms with Gasteiger partial charge in [-0.15, -0.1) is 0 Å². The second-order valence-electron chi connectivity index (χ2n) is 3.07. The molecule has 5 atom stereocenters. The summed E-state index contributed by atoms with van der Waals surface area (Å²) in [5, 5.41) is 27.9. The molecular weight excluding hydrogens is 178 g/mol. The largest absolute Gasteiger partial charge is 0.387 e. The van der Waals surface area contributed by atoms with Crippen molar-refractivity contribution >= 4 is 0 Å². The maximum Gasteiger partial charge on any atom is 0.135 e. The van der Waals surface area contributed by atoms with Gasteiger partial charge in [-0.25, -0.2) is 0 Å². The van der Waals surface area contributed by atoms with E-state index in [0.717, 1.165) is 0 Å². The van der Waals surface area contributed by atoms with Crippen molar-refractivity contribution < 1.29 is 24.8 Å². The SMILES string of the molecule is COCC1OC(N)C(O)C(O)[C@@H]1O. The average molecular weight is 193 g/mol. The summed E-state index contributed by atoms with van der Waals surface area (Å²) in [5.74, 6) is 0. The highest BCUT2D eigenvalue weighted by Crippen LogP contribution is 2.18. The third-order valence-electron chi connectivity index (χ3n) is 2.08. The Morgan fingerprint density at radius 1 is 1.23 bits per heavy atom. The third kappa shape index (κ3) is 2.16. The van der Waals surface area contributed by atoms with Gasteiger partial charge in [-0.3, -0.25) is 0 Å². The number of nitrogens with two attached hydrogens (primary N) is 1. The summed E-state index contributed by atoms with van der Waals surface area (Å²) in [6.45, 7) is 0.124. The lowest BCUT2D eigenvalue weighted by Gasteiger charge is -2.38. The molecule has 0 bridgehead atoms. The summed E-state index contributed by atoms with van der Waals surface area (Å²) in [5.41, 5.74) is 5.35. The summed E-state index contributed by atoms with van der Waals surface area (Å²) in [7, 11) is 1.44. The van der Waals surface area contributed by atoms with Crippen LogP contribution in [-0.4, -0.2) is 59.7 Å². The van der Waals surface area contributed by atoms with Crippen LogP contribution < -0.4 is 5.73 Å². The number of rotatable bonds is 2. The van der Waals surface area contributed by atoms with Gasteiger partial charge in [0.2, 0.25) is 0 Å². The quantitative estimate of drug-likeness (QED) is 0.383. The van der Waals surface area contributed by atoms with E-state index < -0.39 is 30.6 Å². The van der Waals surface area contributed by atoms with E-state index in [-0.39, 0.29) is 6.61 Å². The molecule has 1 saturated heterocycles. The first-order chi connectivity index (χ1) is 6.07. The van der Waals surface area contributed by atoms with Crippen molar-refractivity contribution in [1.29, 1.82) is 0 Å². The van der Waals surface area contributed by atoms with Gasteiger partial charge in [0, 0.05) is 7.11 Å². The molecule has 6 heteroatoms. The van der Waals surface area contributed by atoms with Gasteiger partial charge in [-0.05, 0) is 0 Å². The summed E-state index contributed by atoms with van der Waals surface area (Å²) in [6, 6.07) is 0. The van der Waals surface area contributed by atoms with Crippen LogP contribution in [-0.2, 0) is 9.47 Å². The first-order valence-electron chi connectivity index (χ1n) is 4.02. The first kappa shape index (κ1) is 10.8. The van der Waals surface area contributed by atoms with E-state index in [0.29, 0.717) is 0 Å². The highest BCUT2D eigenvalue weighted by atomic mass is 16.6. The first-order valence-corrected chi connectivity index (χ1v) is 4.02. The van der Waals surface area contributed by atoms with Crippen molar-refractivity contribution in [3.05, 3.63) is 0 Å². The van der Waals surface area contributed by atoms with Crippen LogP contribution in [0.15, 0.2) is 0 Å². The fourth-order valence-corrected chi connectivity index (χ4v) is 1.28. The normalized spacial score (nSPS) is 46.4. The predicted octanol–water partition coefficient (Wildman–Crippen LogP) is -2.60. The Kier molecular flexibility index (Phi) is 3.60. The minimum Gasteiger partial charge on any atom is -0.387 e. The lowest BCUT2D eigenvalue weighted by Crippen LogP contribution is -2.61. The Morgan fingerprint density at radius 3 is 2.38 bits per heavy atom. The smallest absolute Gasteiger partial charge is 0.135 e. The second-order valence-corrected chi connectivity index (χ2v) is 3.07. The van der Waals surface area contributed by atoms with E-state index in [1.165, 1.54) is 7.11 Å². The molecule has 1 rings (SSSR count). The fraction of sp³-hybridized carbons (Fsp3) is 1.00. The molecule has 0 aromatic heterocycles. The lowest BCUT2D eigenvalue weighted by atomic mass is 9.99. The van der Waals surface area contributed by atoms with Gasteiger partial charge in [-0.2, -0.15) is 0 Å². The number of aliphatic hydroxyl groups excluding tert-OH is 3. The highest BCUT2D eigenvalue weighted by molar-refractivity contribution is 4.89. The molecule has 1 aliphatic rings. The zero-order valence-corrected chi connectivity index (χ0v) is 7.33. The molecule has 1 heterocycles. The Balaban J connectivity index is 2.59. The highest BCUT2D eigenvalue weighted by Gasteiger charge is 2.41. The van der Waals surface area contributed by atoms with E-state index >= 15 is 0 Å². The molecule has 0 aromatic carbocycles. The molecule has 5 N–H and O–H groups in total. The van der Waals surface area contributed by atoms with Gasteiger partial charge in [-0.1, -0.05) is 0 Å². The third-order valence-corrected chi connectivity index (χ3v) is 2.08. The van der Waals surface area contributed by atoms with Gasteiger partial charge in [0.25, 0.3) is 0 Å². The van der Waals surface area contributed by atoms with Gasteiger partial charge in [0.1, 0.15) is 30.6 Å². The van der Waals surface area contributed by atoms with Crippen molar-refractivity contribution in [2.75, 3.05) is 13.7 Å². The molecule has 1 aliphatic heterocycles. The molecule has 78 valence electrons. The van der Waals surface area contributed by atoms with Crippen molar-refractivity contribution in [2.24, 2.45) is 5.73 Å². The van der Waals surface area contributed by atoms with Crippen molar-refractivity contribution in [3.8, 4) is 0 Å². The maximum absolute atomic E-state index is 9.39. The predicted molar refractivity (Wildman–Crippen MR) is 42.7 cm³/mol. The molecule has 0 aliphatic carbocycles. The molecule has 0 saturated carbocycles. The minimum atomic E-state index is -1.29. The van der Waals surface area contributed by atoms with E-state index in [4.69, 9.17) is 15.2 Å². The Labute approximate surface area is 75.9 Å². The molecule has 0 amide bonds. The van der Waals surface area contributed by atoms with Gasteiger partial charge >= 0.3 is 0 Å². The molecule has 0 spiro atoms. The van der Waals surface area contributed by atoms with Gasteiger partial charge in [0.05, 0.1) is 6.61 Å². The van der Waals surface area contributed by atoms with Crippen molar-refractivity contribution in [1.82, 2.24) is 0 Å². The Bertz CT molecular complexity index is 167. The van der Waals surface area contributed by atoms with E-state index in [9.17, 15) is 15.3 Å². The van der Waals surface area contributed by atoms with Crippen LogP contribution in [0.25, 0.3) is 0 Å². The van der Waals surface area contributed by atoms with E-state index in [1.807, 2.05) is 0 Å². The second kappa shape index (κ2) is 4.32. The Morgan fingerprint density at radius 2 is 1.85 bits per heavy atom. The zero-order valence-electron chi connectivity index (χ0n) is 7.33. The standard InChI is InChI=1S/C7H15NO5/c1-12-2-3-4(9)5(10)6(11)7(8)13-3/h3-7,9-11H,2,8H2,1H3/t3?,4-,5?,6?,7?/m1/s1. The van der Waals surface area contributed by atoms with Crippen molar-refractivity contribution in [2.45, 2.75) is 30.6 Å². The summed E-state index contributed by atoms with van der Waals surface area (Å²) < 4.78 is 9.76. The summed E-state index contributed by atoms with van der Waals surface area (Å²) >= 11 is 0. The topological polar surface area (TPSA) is 105 Å². The van der Waals surface area contributed by atoms with Crippen LogP contribution in [0.4, 0.5) is 0 Å². The van der Waals surface area contributed by atoms with Crippen LogP contribution >= 0.6 is 0 Å². The monoisotopic (exact) mass is 193 g/mol. The number of hydrogen-bond acceptors (Lipinski definition) is 6. The van der Waals surface area contributed by atoms with Crippen molar-refractivity contribution in [3.63, 3.8) is 0 Å². The van der Waals surface area contributed by atoms with Crippen LogP contribution in [0.2, 0.25) is 0 Å². The van der Waals surface area contributed by atoms with Gasteiger partial charge < -0.3 is 30.5 Å². The molecular formula is C7H15NO5. The van der Waals surface area contributed by atoms with E-state index in [2.05, 4.69) is 0 Å². The summed E-state index contributed by atoms with van der Waals surface area (Å²) in [6.07, 6.45) is -5.40. The molecule has 13 heavy (non-hydrogen) atoms.